The molecule has 2 rings (SSSR count). The van der Waals surface area contributed by atoms with Gasteiger partial charge in [0.25, 0.3) is 0 Å². The number of benzene rings is 1. The third-order valence-corrected chi connectivity index (χ3v) is 2.73. The number of aliphatic carboxylic acids is 1. The molecule has 1 aromatic carbocycles. The van der Waals surface area contributed by atoms with Crippen LogP contribution in [-0.4, -0.2) is 21.0 Å². The highest BCUT2D eigenvalue weighted by Crippen LogP contribution is 2.24. The molecule has 1 aromatic heterocycles. The first-order valence-electron chi connectivity index (χ1n) is 6.47. The van der Waals surface area contributed by atoms with Crippen molar-refractivity contribution in [3.05, 3.63) is 47.9 Å². The van der Waals surface area contributed by atoms with E-state index < -0.39 is 5.97 Å². The number of nitrogens with zero attached hydrogens (tertiary/aromatic N) is 2. The van der Waals surface area contributed by atoms with Crippen LogP contribution in [0.2, 0.25) is 0 Å². The molecule has 0 radical (unpaired) electrons. The summed E-state index contributed by atoms with van der Waals surface area (Å²) >= 11 is 0. The lowest BCUT2D eigenvalue weighted by Crippen LogP contribution is -2.02. The van der Waals surface area contributed by atoms with Gasteiger partial charge in [-0.05, 0) is 12.5 Å². The molecule has 104 valence electrons. The Hall–Kier alpha value is -2.43. The summed E-state index contributed by atoms with van der Waals surface area (Å²) in [7, 11) is 0. The lowest BCUT2D eigenvalue weighted by atomic mass is 10.1. The van der Waals surface area contributed by atoms with E-state index in [1.807, 2.05) is 0 Å². The number of hydrogen-bond donors (Lipinski definition) is 1. The largest absolute Gasteiger partial charge is 0.481 e. The first kappa shape index (κ1) is 14.0. The second-order valence-electron chi connectivity index (χ2n) is 4.38. The van der Waals surface area contributed by atoms with Crippen LogP contribution in [-0.2, 0) is 17.6 Å². The number of para-hydroxylation sites is 1. The molecule has 2 aromatic rings. The van der Waals surface area contributed by atoms with E-state index in [9.17, 15) is 4.79 Å². The van der Waals surface area contributed by atoms with Gasteiger partial charge in [0.05, 0.1) is 6.42 Å². The summed E-state index contributed by atoms with van der Waals surface area (Å²) in [6.45, 7) is 2.07. The molecule has 1 N–H and O–H groups in total. The molecule has 1 heterocycles. The van der Waals surface area contributed by atoms with Gasteiger partial charge in [-0.2, -0.15) is 0 Å². The Balaban J connectivity index is 2.21. The molecule has 5 nitrogen and oxygen atoms in total. The van der Waals surface area contributed by atoms with Crippen LogP contribution in [0.15, 0.2) is 36.7 Å². The number of carboxylic acids is 1. The van der Waals surface area contributed by atoms with E-state index in [4.69, 9.17) is 9.84 Å². The summed E-state index contributed by atoms with van der Waals surface area (Å²) in [4.78, 5) is 19.0. The van der Waals surface area contributed by atoms with Crippen molar-refractivity contribution in [2.45, 2.75) is 26.2 Å². The zero-order chi connectivity index (χ0) is 14.4. The van der Waals surface area contributed by atoms with Gasteiger partial charge >= 0.3 is 5.97 Å². The molecule has 0 atom stereocenters. The zero-order valence-corrected chi connectivity index (χ0v) is 11.2. The molecule has 5 heteroatoms. The van der Waals surface area contributed by atoms with E-state index in [2.05, 4.69) is 16.9 Å². The molecule has 0 aliphatic carbocycles. The normalized spacial score (nSPS) is 10.2. The molecule has 0 aliphatic heterocycles. The summed E-state index contributed by atoms with van der Waals surface area (Å²) in [6, 6.07) is 8.83. The van der Waals surface area contributed by atoms with Gasteiger partial charge in [0, 0.05) is 17.3 Å². The van der Waals surface area contributed by atoms with Crippen molar-refractivity contribution in [1.29, 1.82) is 0 Å². The minimum absolute atomic E-state index is 0.0803. The monoisotopic (exact) mass is 272 g/mol. The summed E-state index contributed by atoms with van der Waals surface area (Å²) < 4.78 is 5.68. The van der Waals surface area contributed by atoms with Gasteiger partial charge in [-0.25, -0.2) is 9.97 Å². The van der Waals surface area contributed by atoms with Crippen molar-refractivity contribution in [2.24, 2.45) is 0 Å². The lowest BCUT2D eigenvalue weighted by molar-refractivity contribution is -0.136. The van der Waals surface area contributed by atoms with Gasteiger partial charge in [-0.1, -0.05) is 31.5 Å². The summed E-state index contributed by atoms with van der Waals surface area (Å²) in [5, 5.41) is 8.89. The second-order valence-corrected chi connectivity index (χ2v) is 4.38. The van der Waals surface area contributed by atoms with Crippen LogP contribution in [0.1, 0.15) is 24.6 Å². The van der Waals surface area contributed by atoms with Crippen LogP contribution >= 0.6 is 0 Å². The van der Waals surface area contributed by atoms with Crippen molar-refractivity contribution in [3.8, 4) is 11.6 Å². The highest BCUT2D eigenvalue weighted by molar-refractivity contribution is 5.71. The predicted molar refractivity (Wildman–Crippen MR) is 73.9 cm³/mol. The second kappa shape index (κ2) is 6.65. The zero-order valence-electron chi connectivity index (χ0n) is 11.2. The van der Waals surface area contributed by atoms with E-state index >= 15 is 0 Å². The highest BCUT2D eigenvalue weighted by atomic mass is 16.5. The van der Waals surface area contributed by atoms with Gasteiger partial charge in [0.15, 0.2) is 0 Å². The molecule has 0 spiro atoms. The quantitative estimate of drug-likeness (QED) is 0.875. The maximum Gasteiger partial charge on any atom is 0.307 e. The Morgan fingerprint density at radius 2 is 2.10 bits per heavy atom. The van der Waals surface area contributed by atoms with Gasteiger partial charge < -0.3 is 9.84 Å². The van der Waals surface area contributed by atoms with E-state index in [-0.39, 0.29) is 6.42 Å². The number of hydrogen-bond acceptors (Lipinski definition) is 4. The van der Waals surface area contributed by atoms with Crippen LogP contribution < -0.4 is 4.74 Å². The summed E-state index contributed by atoms with van der Waals surface area (Å²) in [6.07, 6.45) is 3.23. The molecule has 0 bridgehead atoms. The standard InChI is InChI=1S/C15H16N2O3/c1-2-5-12-9-14(17-10-16-12)20-13-7-4-3-6-11(13)8-15(18)19/h3-4,6-7,9-10H,2,5,8H2,1H3,(H,18,19). The molecule has 20 heavy (non-hydrogen) atoms. The number of carbonyl (C=O) groups is 1. The average Bonchev–Trinajstić information content (AvgIpc) is 2.41. The molecule has 0 amide bonds. The number of rotatable bonds is 6. The Kier molecular flexibility index (Phi) is 4.65. The predicted octanol–water partition coefficient (Wildman–Crippen LogP) is 2.85. The number of ether oxygens (including phenoxy) is 1. The van der Waals surface area contributed by atoms with Gasteiger partial charge in [-0.3, -0.25) is 4.79 Å². The van der Waals surface area contributed by atoms with Crippen molar-refractivity contribution in [3.63, 3.8) is 0 Å². The summed E-state index contributed by atoms with van der Waals surface area (Å²) in [5.74, 6) is 0.0488. The fraction of sp³-hybridized carbons (Fsp3) is 0.267. The molecular weight excluding hydrogens is 256 g/mol. The van der Waals surface area contributed by atoms with Crippen molar-refractivity contribution in [1.82, 2.24) is 9.97 Å². The molecule has 0 aliphatic rings. The fourth-order valence-corrected chi connectivity index (χ4v) is 1.85. The van der Waals surface area contributed by atoms with E-state index in [0.29, 0.717) is 17.2 Å². The third kappa shape index (κ3) is 3.78. The number of carboxylic acid groups (broad SMARTS) is 1. The topological polar surface area (TPSA) is 72.3 Å². The minimum Gasteiger partial charge on any atom is -0.481 e. The molecular formula is C15H16N2O3. The molecule has 0 saturated heterocycles. The Bertz CT molecular complexity index is 599. The van der Waals surface area contributed by atoms with E-state index in [1.54, 1.807) is 30.3 Å². The van der Waals surface area contributed by atoms with Crippen LogP contribution in [0, 0.1) is 0 Å². The summed E-state index contributed by atoms with van der Waals surface area (Å²) in [5.41, 5.74) is 1.53. The first-order chi connectivity index (χ1) is 9.69. The molecule has 0 unspecified atom stereocenters. The fourth-order valence-electron chi connectivity index (χ4n) is 1.85. The van der Waals surface area contributed by atoms with Gasteiger partial charge in [0.2, 0.25) is 5.88 Å². The lowest BCUT2D eigenvalue weighted by Gasteiger charge is -2.09. The molecule has 0 fully saturated rings. The third-order valence-electron chi connectivity index (χ3n) is 2.73. The minimum atomic E-state index is -0.893. The maximum absolute atomic E-state index is 10.8. The number of aromatic nitrogens is 2. The first-order valence-corrected chi connectivity index (χ1v) is 6.47. The van der Waals surface area contributed by atoms with Crippen molar-refractivity contribution < 1.29 is 14.6 Å². The van der Waals surface area contributed by atoms with Crippen LogP contribution in [0.3, 0.4) is 0 Å². The SMILES string of the molecule is CCCc1cc(Oc2ccccc2CC(=O)O)ncn1. The van der Waals surface area contributed by atoms with Gasteiger partial charge in [0.1, 0.15) is 12.1 Å². The van der Waals surface area contributed by atoms with Crippen LogP contribution in [0.4, 0.5) is 0 Å². The van der Waals surface area contributed by atoms with Crippen molar-refractivity contribution >= 4 is 5.97 Å². The number of aryl methyl sites for hydroxylation is 1. The van der Waals surface area contributed by atoms with E-state index in [0.717, 1.165) is 18.5 Å². The van der Waals surface area contributed by atoms with E-state index in [1.165, 1.54) is 6.33 Å². The smallest absolute Gasteiger partial charge is 0.307 e. The Morgan fingerprint density at radius 3 is 2.85 bits per heavy atom. The Morgan fingerprint density at radius 1 is 1.30 bits per heavy atom. The maximum atomic E-state index is 10.8. The van der Waals surface area contributed by atoms with Crippen LogP contribution in [0.25, 0.3) is 0 Å². The van der Waals surface area contributed by atoms with Crippen LogP contribution in [0.5, 0.6) is 11.6 Å². The van der Waals surface area contributed by atoms with Crippen molar-refractivity contribution in [2.75, 3.05) is 0 Å². The Labute approximate surface area is 117 Å². The average molecular weight is 272 g/mol. The van der Waals surface area contributed by atoms with Gasteiger partial charge in [-0.15, -0.1) is 0 Å². The molecule has 0 saturated carbocycles. The highest BCUT2D eigenvalue weighted by Gasteiger charge is 2.09.